The van der Waals surface area contributed by atoms with Crippen molar-refractivity contribution in [3.8, 4) is 0 Å². The van der Waals surface area contributed by atoms with Crippen LogP contribution < -0.4 is 5.32 Å². The van der Waals surface area contributed by atoms with E-state index in [9.17, 15) is 0 Å². The molecule has 2 rings (SSSR count). The normalized spacial score (nSPS) is 12.6. The van der Waals surface area contributed by atoms with Crippen LogP contribution in [0.5, 0.6) is 0 Å². The van der Waals surface area contributed by atoms with Crippen LogP contribution in [0.3, 0.4) is 0 Å². The summed E-state index contributed by atoms with van der Waals surface area (Å²) < 4.78 is 0. The van der Waals surface area contributed by atoms with Gasteiger partial charge in [-0.2, -0.15) is 0 Å². The molecule has 3 heteroatoms. The molecule has 0 spiro atoms. The molecule has 0 radical (unpaired) electrons. The third kappa shape index (κ3) is 2.88. The number of thiophene rings is 1. The third-order valence-corrected chi connectivity index (χ3v) is 3.25. The van der Waals surface area contributed by atoms with Crippen LogP contribution in [0.1, 0.15) is 23.4 Å². The average molecular weight is 218 g/mol. The number of hydrogen-bond donors (Lipinski definition) is 1. The predicted octanol–water partition coefficient (Wildman–Crippen LogP) is 2.99. The van der Waals surface area contributed by atoms with E-state index >= 15 is 0 Å². The molecule has 1 N–H and O–H groups in total. The molecule has 78 valence electrons. The molecule has 0 saturated heterocycles. The molecule has 2 nitrogen and oxygen atoms in total. The lowest BCUT2D eigenvalue weighted by atomic mass is 10.1. The average Bonchev–Trinajstić information content (AvgIpc) is 2.80. The van der Waals surface area contributed by atoms with Gasteiger partial charge in [0, 0.05) is 29.9 Å². The van der Waals surface area contributed by atoms with Gasteiger partial charge in [-0.15, -0.1) is 11.3 Å². The summed E-state index contributed by atoms with van der Waals surface area (Å²) in [6, 6.07) is 8.70. The highest BCUT2D eigenvalue weighted by Gasteiger charge is 2.03. The van der Waals surface area contributed by atoms with E-state index in [0.29, 0.717) is 6.04 Å². The quantitative estimate of drug-likeness (QED) is 0.853. The number of rotatable bonds is 4. The second kappa shape index (κ2) is 5.05. The molecule has 0 aromatic carbocycles. The number of aromatic nitrogens is 1. The van der Waals surface area contributed by atoms with Gasteiger partial charge in [0.05, 0.1) is 0 Å². The lowest BCUT2D eigenvalue weighted by molar-refractivity contribution is 0.578. The summed E-state index contributed by atoms with van der Waals surface area (Å²) >= 11 is 1.79. The van der Waals surface area contributed by atoms with Crippen LogP contribution >= 0.6 is 11.3 Å². The highest BCUT2D eigenvalue weighted by molar-refractivity contribution is 7.09. The molecule has 1 atom stereocenters. The zero-order valence-corrected chi connectivity index (χ0v) is 9.50. The van der Waals surface area contributed by atoms with Gasteiger partial charge >= 0.3 is 0 Å². The second-order valence-electron chi connectivity index (χ2n) is 3.46. The topological polar surface area (TPSA) is 24.9 Å². The molecule has 0 saturated carbocycles. The minimum absolute atomic E-state index is 0.370. The van der Waals surface area contributed by atoms with E-state index in [-0.39, 0.29) is 0 Å². The van der Waals surface area contributed by atoms with Crippen LogP contribution in [0.25, 0.3) is 0 Å². The van der Waals surface area contributed by atoms with E-state index in [2.05, 4.69) is 34.7 Å². The molecule has 2 heterocycles. The Kier molecular flexibility index (Phi) is 3.48. The minimum atomic E-state index is 0.370. The van der Waals surface area contributed by atoms with Gasteiger partial charge in [0.1, 0.15) is 0 Å². The van der Waals surface area contributed by atoms with Crippen LogP contribution in [0, 0.1) is 0 Å². The highest BCUT2D eigenvalue weighted by atomic mass is 32.1. The minimum Gasteiger partial charge on any atom is -0.305 e. The van der Waals surface area contributed by atoms with E-state index in [1.54, 1.807) is 11.3 Å². The summed E-state index contributed by atoms with van der Waals surface area (Å²) in [6.07, 6.45) is 3.66. The van der Waals surface area contributed by atoms with Gasteiger partial charge in [-0.25, -0.2) is 0 Å². The summed E-state index contributed by atoms with van der Waals surface area (Å²) in [5.41, 5.74) is 1.28. The molecule has 2 aromatic heterocycles. The van der Waals surface area contributed by atoms with Crippen molar-refractivity contribution >= 4 is 11.3 Å². The fraction of sp³-hybridized carbons (Fsp3) is 0.250. The molecule has 0 aliphatic rings. The van der Waals surface area contributed by atoms with E-state index in [1.165, 1.54) is 10.4 Å². The van der Waals surface area contributed by atoms with Crippen molar-refractivity contribution in [2.24, 2.45) is 0 Å². The number of nitrogens with one attached hydrogen (secondary N) is 1. The maximum absolute atomic E-state index is 4.01. The summed E-state index contributed by atoms with van der Waals surface area (Å²) in [5, 5.41) is 5.59. The molecule has 0 bridgehead atoms. The SMILES string of the molecule is CC(NCc1cccs1)c1ccncc1. The van der Waals surface area contributed by atoms with Crippen LogP contribution in [-0.2, 0) is 6.54 Å². The van der Waals surface area contributed by atoms with E-state index < -0.39 is 0 Å². The lowest BCUT2D eigenvalue weighted by Crippen LogP contribution is -2.17. The van der Waals surface area contributed by atoms with Crippen molar-refractivity contribution in [2.45, 2.75) is 19.5 Å². The maximum atomic E-state index is 4.01. The highest BCUT2D eigenvalue weighted by Crippen LogP contribution is 2.13. The van der Waals surface area contributed by atoms with Gasteiger partial charge in [-0.3, -0.25) is 4.98 Å². The fourth-order valence-electron chi connectivity index (χ4n) is 1.44. The molecule has 0 aliphatic heterocycles. The van der Waals surface area contributed by atoms with E-state index in [1.807, 2.05) is 24.5 Å². The van der Waals surface area contributed by atoms with Crippen molar-refractivity contribution in [1.29, 1.82) is 0 Å². The largest absolute Gasteiger partial charge is 0.305 e. The molecular weight excluding hydrogens is 204 g/mol. The first-order valence-electron chi connectivity index (χ1n) is 5.02. The van der Waals surface area contributed by atoms with Gasteiger partial charge in [0.25, 0.3) is 0 Å². The first kappa shape index (κ1) is 10.3. The molecule has 0 aliphatic carbocycles. The zero-order chi connectivity index (χ0) is 10.5. The van der Waals surface area contributed by atoms with Crippen LogP contribution in [0.2, 0.25) is 0 Å². The number of pyridine rings is 1. The predicted molar refractivity (Wildman–Crippen MR) is 63.8 cm³/mol. The van der Waals surface area contributed by atoms with Crippen LogP contribution in [-0.4, -0.2) is 4.98 Å². The number of hydrogen-bond acceptors (Lipinski definition) is 3. The van der Waals surface area contributed by atoms with E-state index in [4.69, 9.17) is 0 Å². The Morgan fingerprint density at radius 3 is 2.80 bits per heavy atom. The van der Waals surface area contributed by atoms with Crippen molar-refractivity contribution in [2.75, 3.05) is 0 Å². The Balaban J connectivity index is 1.90. The lowest BCUT2D eigenvalue weighted by Gasteiger charge is -2.12. The third-order valence-electron chi connectivity index (χ3n) is 2.37. The summed E-state index contributed by atoms with van der Waals surface area (Å²) in [5.74, 6) is 0. The fourth-order valence-corrected chi connectivity index (χ4v) is 2.09. The van der Waals surface area contributed by atoms with Crippen molar-refractivity contribution in [3.63, 3.8) is 0 Å². The standard InChI is InChI=1S/C12H14N2S/c1-10(11-4-6-13-7-5-11)14-9-12-3-2-8-15-12/h2-8,10,14H,9H2,1H3. The van der Waals surface area contributed by atoms with Gasteiger partial charge < -0.3 is 5.32 Å². The van der Waals surface area contributed by atoms with Gasteiger partial charge in [-0.05, 0) is 36.1 Å². The van der Waals surface area contributed by atoms with Crippen molar-refractivity contribution in [3.05, 3.63) is 52.5 Å². The first-order valence-corrected chi connectivity index (χ1v) is 5.90. The van der Waals surface area contributed by atoms with Gasteiger partial charge in [0.15, 0.2) is 0 Å². The smallest absolute Gasteiger partial charge is 0.0305 e. The zero-order valence-electron chi connectivity index (χ0n) is 8.68. The molecule has 15 heavy (non-hydrogen) atoms. The van der Waals surface area contributed by atoms with Crippen molar-refractivity contribution < 1.29 is 0 Å². The number of nitrogens with zero attached hydrogens (tertiary/aromatic N) is 1. The molecule has 2 aromatic rings. The molecule has 0 fully saturated rings. The monoisotopic (exact) mass is 218 g/mol. The first-order chi connectivity index (χ1) is 7.36. The maximum Gasteiger partial charge on any atom is 0.0305 e. The van der Waals surface area contributed by atoms with Crippen LogP contribution in [0.15, 0.2) is 42.0 Å². The van der Waals surface area contributed by atoms with Crippen LogP contribution in [0.4, 0.5) is 0 Å². The Morgan fingerprint density at radius 2 is 2.13 bits per heavy atom. The Labute approximate surface area is 94.0 Å². The van der Waals surface area contributed by atoms with E-state index in [0.717, 1.165) is 6.54 Å². The Morgan fingerprint density at radius 1 is 1.33 bits per heavy atom. The summed E-state index contributed by atoms with van der Waals surface area (Å²) in [6.45, 7) is 3.10. The Hall–Kier alpha value is -1.19. The molecule has 1 unspecified atom stereocenters. The van der Waals surface area contributed by atoms with Gasteiger partial charge in [-0.1, -0.05) is 6.07 Å². The molecular formula is C12H14N2S. The Bertz CT molecular complexity index is 383. The van der Waals surface area contributed by atoms with Crippen molar-refractivity contribution in [1.82, 2.24) is 10.3 Å². The second-order valence-corrected chi connectivity index (χ2v) is 4.49. The summed E-state index contributed by atoms with van der Waals surface area (Å²) in [7, 11) is 0. The van der Waals surface area contributed by atoms with Gasteiger partial charge in [0.2, 0.25) is 0 Å². The summed E-state index contributed by atoms with van der Waals surface area (Å²) in [4.78, 5) is 5.38. The molecule has 0 amide bonds.